The van der Waals surface area contributed by atoms with Gasteiger partial charge in [0.15, 0.2) is 11.8 Å². The number of rotatable bonds is 4. The lowest BCUT2D eigenvalue weighted by Gasteiger charge is -2.25. The van der Waals surface area contributed by atoms with Gasteiger partial charge in [-0.25, -0.2) is 4.99 Å². The maximum absolute atomic E-state index is 5.75. The Balaban J connectivity index is 0.00000144. The van der Waals surface area contributed by atoms with Crippen molar-refractivity contribution in [3.63, 3.8) is 0 Å². The SMILES string of the molecule is Cn1cnnc1CN=C(N)NCC1CCC1.I. The molecule has 1 saturated carbocycles. The highest BCUT2D eigenvalue weighted by Gasteiger charge is 2.16. The van der Waals surface area contributed by atoms with E-state index in [2.05, 4.69) is 20.5 Å². The number of nitrogens with zero attached hydrogens (tertiary/aromatic N) is 4. The van der Waals surface area contributed by atoms with Crippen LogP contribution >= 0.6 is 24.0 Å². The molecule has 0 unspecified atom stereocenters. The number of hydrogen-bond donors (Lipinski definition) is 2. The summed E-state index contributed by atoms with van der Waals surface area (Å²) in [6.07, 6.45) is 5.62. The molecule has 0 aliphatic heterocycles. The fraction of sp³-hybridized carbons (Fsp3) is 0.700. The minimum Gasteiger partial charge on any atom is -0.370 e. The number of nitrogens with two attached hydrogens (primary N) is 1. The molecule has 0 saturated heterocycles. The fourth-order valence-corrected chi connectivity index (χ4v) is 1.61. The van der Waals surface area contributed by atoms with Crippen molar-refractivity contribution in [2.45, 2.75) is 25.8 Å². The van der Waals surface area contributed by atoms with E-state index in [-0.39, 0.29) is 24.0 Å². The number of aryl methyl sites for hydroxylation is 1. The van der Waals surface area contributed by atoms with Crippen LogP contribution in [0.5, 0.6) is 0 Å². The number of aromatic nitrogens is 3. The van der Waals surface area contributed by atoms with Crippen LogP contribution < -0.4 is 11.1 Å². The van der Waals surface area contributed by atoms with Crippen molar-refractivity contribution in [2.75, 3.05) is 6.54 Å². The van der Waals surface area contributed by atoms with Gasteiger partial charge in [0.25, 0.3) is 0 Å². The van der Waals surface area contributed by atoms with Gasteiger partial charge in [0.05, 0.1) is 0 Å². The first kappa shape index (κ1) is 14.2. The molecule has 1 aromatic rings. The standard InChI is InChI=1S/C10H18N6.HI/c1-16-7-14-15-9(16)6-13-10(11)12-5-8-3-2-4-8;/h7-8H,2-6H2,1H3,(H3,11,12,13);1H. The molecule has 1 fully saturated rings. The van der Waals surface area contributed by atoms with Crippen molar-refractivity contribution in [2.24, 2.45) is 23.7 Å². The van der Waals surface area contributed by atoms with Crippen molar-refractivity contribution >= 4 is 29.9 Å². The summed E-state index contributed by atoms with van der Waals surface area (Å²) < 4.78 is 1.84. The van der Waals surface area contributed by atoms with Gasteiger partial charge >= 0.3 is 0 Å². The van der Waals surface area contributed by atoms with Gasteiger partial charge < -0.3 is 15.6 Å². The lowest BCUT2D eigenvalue weighted by molar-refractivity contribution is 0.315. The molecule has 1 heterocycles. The van der Waals surface area contributed by atoms with E-state index in [9.17, 15) is 0 Å². The highest BCUT2D eigenvalue weighted by molar-refractivity contribution is 14.0. The van der Waals surface area contributed by atoms with Crippen LogP contribution in [-0.2, 0) is 13.6 Å². The van der Waals surface area contributed by atoms with Crippen molar-refractivity contribution in [3.05, 3.63) is 12.2 Å². The van der Waals surface area contributed by atoms with Crippen LogP contribution in [0.15, 0.2) is 11.3 Å². The van der Waals surface area contributed by atoms with Gasteiger partial charge in [-0.15, -0.1) is 34.2 Å². The van der Waals surface area contributed by atoms with Gasteiger partial charge in [-0.3, -0.25) is 0 Å². The Hall–Kier alpha value is -0.860. The second kappa shape index (κ2) is 6.77. The van der Waals surface area contributed by atoms with Crippen LogP contribution in [0.3, 0.4) is 0 Å². The molecule has 96 valence electrons. The smallest absolute Gasteiger partial charge is 0.189 e. The Labute approximate surface area is 118 Å². The molecular formula is C10H19IN6. The van der Waals surface area contributed by atoms with E-state index >= 15 is 0 Å². The summed E-state index contributed by atoms with van der Waals surface area (Å²) in [5.41, 5.74) is 5.75. The average Bonchev–Trinajstić information content (AvgIpc) is 2.59. The molecule has 3 N–H and O–H groups in total. The Morgan fingerprint density at radius 3 is 2.94 bits per heavy atom. The average molecular weight is 350 g/mol. The van der Waals surface area contributed by atoms with Crippen LogP contribution in [-0.4, -0.2) is 27.3 Å². The predicted octanol–water partition coefficient (Wildman–Crippen LogP) is 0.637. The van der Waals surface area contributed by atoms with Crippen LogP contribution in [0.1, 0.15) is 25.1 Å². The minimum absolute atomic E-state index is 0. The molecule has 6 nitrogen and oxygen atoms in total. The zero-order valence-electron chi connectivity index (χ0n) is 9.96. The Morgan fingerprint density at radius 2 is 2.41 bits per heavy atom. The lowest BCUT2D eigenvalue weighted by atomic mass is 9.85. The number of aliphatic imine (C=N–C) groups is 1. The summed E-state index contributed by atoms with van der Waals surface area (Å²) in [6.45, 7) is 1.41. The molecule has 7 heteroatoms. The Bertz CT molecular complexity index is 371. The van der Waals surface area contributed by atoms with Crippen LogP contribution in [0.4, 0.5) is 0 Å². The maximum Gasteiger partial charge on any atom is 0.189 e. The van der Waals surface area contributed by atoms with Gasteiger partial charge in [0, 0.05) is 13.6 Å². The number of nitrogens with one attached hydrogen (secondary N) is 1. The summed E-state index contributed by atoms with van der Waals surface area (Å²) in [4.78, 5) is 4.22. The number of guanidine groups is 1. The van der Waals surface area contributed by atoms with E-state index in [1.807, 2.05) is 11.6 Å². The minimum atomic E-state index is 0. The second-order valence-electron chi connectivity index (χ2n) is 4.24. The summed E-state index contributed by atoms with van der Waals surface area (Å²) >= 11 is 0. The zero-order chi connectivity index (χ0) is 11.4. The molecule has 0 atom stereocenters. The summed E-state index contributed by atoms with van der Waals surface area (Å²) in [7, 11) is 1.89. The molecule has 1 aromatic heterocycles. The van der Waals surface area contributed by atoms with Crippen molar-refractivity contribution in [1.29, 1.82) is 0 Å². The first-order valence-electron chi connectivity index (χ1n) is 5.62. The van der Waals surface area contributed by atoms with Crippen LogP contribution in [0.25, 0.3) is 0 Å². The maximum atomic E-state index is 5.75. The van der Waals surface area contributed by atoms with Crippen LogP contribution in [0.2, 0.25) is 0 Å². The van der Waals surface area contributed by atoms with Crippen molar-refractivity contribution in [3.8, 4) is 0 Å². The topological polar surface area (TPSA) is 81.1 Å². The number of halogens is 1. The van der Waals surface area contributed by atoms with Gasteiger partial charge in [-0.05, 0) is 18.8 Å². The van der Waals surface area contributed by atoms with Crippen molar-refractivity contribution in [1.82, 2.24) is 20.1 Å². The van der Waals surface area contributed by atoms with Gasteiger partial charge in [0.1, 0.15) is 12.9 Å². The largest absolute Gasteiger partial charge is 0.370 e. The molecule has 0 spiro atoms. The lowest BCUT2D eigenvalue weighted by Crippen LogP contribution is -2.37. The highest BCUT2D eigenvalue weighted by atomic mass is 127. The summed E-state index contributed by atoms with van der Waals surface area (Å²) in [6, 6.07) is 0. The Kier molecular flexibility index (Phi) is 5.66. The normalized spacial score (nSPS) is 16.2. The van der Waals surface area contributed by atoms with E-state index in [1.54, 1.807) is 6.33 Å². The molecule has 2 rings (SSSR count). The summed E-state index contributed by atoms with van der Waals surface area (Å²) in [5, 5.41) is 10.8. The van der Waals surface area contributed by atoms with E-state index < -0.39 is 0 Å². The third-order valence-corrected chi connectivity index (χ3v) is 2.99. The molecule has 0 radical (unpaired) electrons. The second-order valence-corrected chi connectivity index (χ2v) is 4.24. The molecule has 1 aliphatic carbocycles. The first-order valence-corrected chi connectivity index (χ1v) is 5.62. The molecule has 0 aromatic carbocycles. The van der Waals surface area contributed by atoms with E-state index in [0.29, 0.717) is 12.5 Å². The molecule has 1 aliphatic rings. The predicted molar refractivity (Wildman–Crippen MR) is 77.1 cm³/mol. The third-order valence-electron chi connectivity index (χ3n) is 2.99. The third kappa shape index (κ3) is 4.14. The zero-order valence-corrected chi connectivity index (χ0v) is 12.3. The highest BCUT2D eigenvalue weighted by Crippen LogP contribution is 2.24. The number of hydrogen-bond acceptors (Lipinski definition) is 3. The first-order chi connectivity index (χ1) is 7.75. The molecular weight excluding hydrogens is 331 g/mol. The van der Waals surface area contributed by atoms with E-state index in [0.717, 1.165) is 18.3 Å². The van der Waals surface area contributed by atoms with Gasteiger partial charge in [-0.2, -0.15) is 0 Å². The van der Waals surface area contributed by atoms with Crippen LogP contribution in [0, 0.1) is 5.92 Å². The summed E-state index contributed by atoms with van der Waals surface area (Å²) in [5.74, 6) is 2.09. The van der Waals surface area contributed by atoms with E-state index in [4.69, 9.17) is 5.73 Å². The monoisotopic (exact) mass is 350 g/mol. The van der Waals surface area contributed by atoms with E-state index in [1.165, 1.54) is 19.3 Å². The Morgan fingerprint density at radius 1 is 1.65 bits per heavy atom. The molecule has 17 heavy (non-hydrogen) atoms. The van der Waals surface area contributed by atoms with Crippen molar-refractivity contribution < 1.29 is 0 Å². The molecule has 0 amide bonds. The van der Waals surface area contributed by atoms with Gasteiger partial charge in [-0.1, -0.05) is 6.42 Å². The fourth-order valence-electron chi connectivity index (χ4n) is 1.61. The quantitative estimate of drug-likeness (QED) is 0.474. The van der Waals surface area contributed by atoms with Gasteiger partial charge in [0.2, 0.25) is 0 Å². The molecule has 0 bridgehead atoms.